The number of aliphatic carboxylic acids is 1. The fourth-order valence-corrected chi connectivity index (χ4v) is 4.20. The van der Waals surface area contributed by atoms with Gasteiger partial charge in [0.05, 0.1) is 10.9 Å². The van der Waals surface area contributed by atoms with Crippen molar-refractivity contribution in [2.45, 2.75) is 46.0 Å². The minimum Gasteiger partial charge on any atom is -0.481 e. The van der Waals surface area contributed by atoms with E-state index in [0.29, 0.717) is 35.4 Å². The highest BCUT2D eigenvalue weighted by Gasteiger charge is 2.18. The van der Waals surface area contributed by atoms with Crippen LogP contribution in [0.25, 0.3) is 0 Å². The summed E-state index contributed by atoms with van der Waals surface area (Å²) >= 11 is 6.49. The Hall–Kier alpha value is -3.11. The Morgan fingerprint density at radius 3 is 2.39 bits per heavy atom. The Balaban J connectivity index is 1.75. The van der Waals surface area contributed by atoms with Gasteiger partial charge in [0.25, 0.3) is 0 Å². The Kier molecular flexibility index (Phi) is 8.67. The Morgan fingerprint density at radius 1 is 0.970 bits per heavy atom. The molecule has 0 amide bonds. The number of nitrogens with one attached hydrogen (secondary N) is 1. The van der Waals surface area contributed by atoms with Crippen molar-refractivity contribution in [1.82, 2.24) is 0 Å². The van der Waals surface area contributed by atoms with Gasteiger partial charge in [-0.15, -0.1) is 0 Å². The molecule has 1 atom stereocenters. The summed E-state index contributed by atoms with van der Waals surface area (Å²) in [6, 6.07) is 20.7. The van der Waals surface area contributed by atoms with Gasteiger partial charge in [-0.3, -0.25) is 9.59 Å². The van der Waals surface area contributed by atoms with Crippen LogP contribution in [0.5, 0.6) is 0 Å². The van der Waals surface area contributed by atoms with Gasteiger partial charge in [0.15, 0.2) is 5.78 Å². The van der Waals surface area contributed by atoms with Crippen LogP contribution in [-0.2, 0) is 11.2 Å². The molecular formula is C28H30ClNO3. The number of carboxylic acids is 1. The molecule has 0 heterocycles. The summed E-state index contributed by atoms with van der Waals surface area (Å²) in [5.41, 5.74) is 4.75. The number of carbonyl (C=O) groups is 2. The first-order valence-electron chi connectivity index (χ1n) is 11.4. The highest BCUT2D eigenvalue weighted by Crippen LogP contribution is 2.29. The molecule has 172 valence electrons. The average Bonchev–Trinajstić information content (AvgIpc) is 2.80. The maximum absolute atomic E-state index is 12.9. The highest BCUT2D eigenvalue weighted by molar-refractivity contribution is 6.35. The normalized spacial score (nSPS) is 11.7. The van der Waals surface area contributed by atoms with Gasteiger partial charge in [0.2, 0.25) is 0 Å². The van der Waals surface area contributed by atoms with Gasteiger partial charge in [0, 0.05) is 22.5 Å². The molecule has 2 N–H and O–H groups in total. The lowest BCUT2D eigenvalue weighted by Crippen LogP contribution is -2.14. The molecule has 3 aromatic carbocycles. The Morgan fingerprint density at radius 2 is 1.70 bits per heavy atom. The maximum atomic E-state index is 12.9. The van der Waals surface area contributed by atoms with E-state index in [0.717, 1.165) is 35.3 Å². The molecule has 3 rings (SSSR count). The van der Waals surface area contributed by atoms with Crippen LogP contribution in [0.2, 0.25) is 5.02 Å². The molecule has 0 saturated heterocycles. The third kappa shape index (κ3) is 6.45. The maximum Gasteiger partial charge on any atom is 0.306 e. The number of unbranched alkanes of at least 4 members (excludes halogenated alkanes) is 1. The molecule has 0 aromatic heterocycles. The summed E-state index contributed by atoms with van der Waals surface area (Å²) in [7, 11) is 0. The van der Waals surface area contributed by atoms with Crippen molar-refractivity contribution >= 4 is 34.7 Å². The first-order chi connectivity index (χ1) is 15.9. The van der Waals surface area contributed by atoms with E-state index in [1.807, 2.05) is 55.5 Å². The van der Waals surface area contributed by atoms with Crippen LogP contribution in [0.3, 0.4) is 0 Å². The van der Waals surface area contributed by atoms with Crippen molar-refractivity contribution in [3.8, 4) is 0 Å². The van der Waals surface area contributed by atoms with Crippen LogP contribution in [0.15, 0.2) is 66.7 Å². The van der Waals surface area contributed by atoms with E-state index in [-0.39, 0.29) is 11.7 Å². The predicted molar refractivity (Wildman–Crippen MR) is 135 cm³/mol. The topological polar surface area (TPSA) is 66.4 Å². The second-order valence-corrected chi connectivity index (χ2v) is 8.74. The van der Waals surface area contributed by atoms with E-state index in [2.05, 4.69) is 12.2 Å². The van der Waals surface area contributed by atoms with E-state index < -0.39 is 5.97 Å². The van der Waals surface area contributed by atoms with Gasteiger partial charge in [-0.1, -0.05) is 73.8 Å². The first kappa shape index (κ1) is 24.5. The second-order valence-electron chi connectivity index (χ2n) is 8.34. The van der Waals surface area contributed by atoms with Gasteiger partial charge in [0.1, 0.15) is 0 Å². The van der Waals surface area contributed by atoms with Gasteiger partial charge in [-0.2, -0.15) is 0 Å². The molecule has 0 saturated carbocycles. The predicted octanol–water partition coefficient (Wildman–Crippen LogP) is 7.45. The minimum absolute atomic E-state index is 0.100. The molecule has 4 nitrogen and oxygen atoms in total. The minimum atomic E-state index is -0.727. The molecule has 0 aliphatic heterocycles. The van der Waals surface area contributed by atoms with E-state index in [9.17, 15) is 14.7 Å². The molecule has 0 aliphatic carbocycles. The number of para-hydroxylation sites is 1. The monoisotopic (exact) mass is 463 g/mol. The van der Waals surface area contributed by atoms with Crippen LogP contribution in [0.4, 0.5) is 11.4 Å². The number of carboxylic acid groups (broad SMARTS) is 1. The SMILES string of the molecule is CCCCC(CCc1ccccc1Nc1ccc(C(=O)c2ccccc2C)c(Cl)c1)C(=O)O. The van der Waals surface area contributed by atoms with Crippen molar-refractivity contribution < 1.29 is 14.7 Å². The molecular weight excluding hydrogens is 434 g/mol. The van der Waals surface area contributed by atoms with E-state index in [4.69, 9.17) is 11.6 Å². The lowest BCUT2D eigenvalue weighted by molar-refractivity contribution is -0.142. The van der Waals surface area contributed by atoms with Crippen LogP contribution < -0.4 is 5.32 Å². The average molecular weight is 464 g/mol. The van der Waals surface area contributed by atoms with Crippen LogP contribution in [0, 0.1) is 12.8 Å². The number of hydrogen-bond acceptors (Lipinski definition) is 3. The van der Waals surface area contributed by atoms with Crippen molar-refractivity contribution in [1.29, 1.82) is 0 Å². The number of rotatable bonds is 11. The summed E-state index contributed by atoms with van der Waals surface area (Å²) in [4.78, 5) is 24.5. The molecule has 0 aliphatic rings. The smallest absolute Gasteiger partial charge is 0.306 e. The fraction of sp³-hybridized carbons (Fsp3) is 0.286. The molecule has 0 spiro atoms. The molecule has 5 heteroatoms. The second kappa shape index (κ2) is 11.7. The summed E-state index contributed by atoms with van der Waals surface area (Å²) in [5, 5.41) is 13.3. The molecule has 0 bridgehead atoms. The number of carbonyl (C=O) groups excluding carboxylic acids is 1. The standard InChI is InChI=1S/C28H30ClNO3/c1-3-4-10-21(28(32)33)15-14-20-11-6-8-13-26(20)30-22-16-17-24(25(29)18-22)27(31)23-12-7-5-9-19(23)2/h5-9,11-13,16-18,21,30H,3-4,10,14-15H2,1-2H3,(H,32,33). The first-order valence-corrected chi connectivity index (χ1v) is 11.8. The summed E-state index contributed by atoms with van der Waals surface area (Å²) in [5.74, 6) is -1.16. The van der Waals surface area contributed by atoms with Gasteiger partial charge >= 0.3 is 5.97 Å². The number of benzene rings is 3. The zero-order valence-electron chi connectivity index (χ0n) is 19.1. The van der Waals surface area contributed by atoms with Gasteiger partial charge in [-0.25, -0.2) is 0 Å². The quantitative estimate of drug-likeness (QED) is 0.290. The van der Waals surface area contributed by atoms with Crippen LogP contribution in [-0.4, -0.2) is 16.9 Å². The van der Waals surface area contributed by atoms with Crippen molar-refractivity contribution in [3.05, 3.63) is 94.0 Å². The highest BCUT2D eigenvalue weighted by atomic mass is 35.5. The molecule has 0 radical (unpaired) electrons. The van der Waals surface area contributed by atoms with Crippen LogP contribution >= 0.6 is 11.6 Å². The number of halogens is 1. The lowest BCUT2D eigenvalue weighted by atomic mass is 9.94. The van der Waals surface area contributed by atoms with E-state index in [1.165, 1.54) is 0 Å². The third-order valence-electron chi connectivity index (χ3n) is 5.92. The number of anilines is 2. The molecule has 3 aromatic rings. The summed E-state index contributed by atoms with van der Waals surface area (Å²) in [6.45, 7) is 3.98. The zero-order chi connectivity index (χ0) is 23.8. The fourth-order valence-electron chi connectivity index (χ4n) is 3.94. The van der Waals surface area contributed by atoms with Crippen molar-refractivity contribution in [3.63, 3.8) is 0 Å². The van der Waals surface area contributed by atoms with Crippen LogP contribution in [0.1, 0.15) is 59.7 Å². The molecule has 0 fully saturated rings. The van der Waals surface area contributed by atoms with Gasteiger partial charge < -0.3 is 10.4 Å². The van der Waals surface area contributed by atoms with E-state index in [1.54, 1.807) is 18.2 Å². The summed E-state index contributed by atoms with van der Waals surface area (Å²) in [6.07, 6.45) is 3.88. The lowest BCUT2D eigenvalue weighted by Gasteiger charge is -2.16. The number of aryl methyl sites for hydroxylation is 2. The number of hydrogen-bond donors (Lipinski definition) is 2. The summed E-state index contributed by atoms with van der Waals surface area (Å²) < 4.78 is 0. The van der Waals surface area contributed by atoms with Crippen molar-refractivity contribution in [2.24, 2.45) is 5.92 Å². The largest absolute Gasteiger partial charge is 0.481 e. The van der Waals surface area contributed by atoms with Crippen molar-refractivity contribution in [2.75, 3.05) is 5.32 Å². The molecule has 33 heavy (non-hydrogen) atoms. The van der Waals surface area contributed by atoms with Gasteiger partial charge in [-0.05, 0) is 61.6 Å². The Bertz CT molecular complexity index is 1130. The van der Waals surface area contributed by atoms with E-state index >= 15 is 0 Å². The molecule has 1 unspecified atom stereocenters. The Labute approximate surface area is 200 Å². The number of ketones is 1. The third-order valence-corrected chi connectivity index (χ3v) is 6.23. The zero-order valence-corrected chi connectivity index (χ0v) is 19.9.